The lowest BCUT2D eigenvalue weighted by molar-refractivity contribution is -0.383. The van der Waals surface area contributed by atoms with E-state index >= 15 is 0 Å². The highest BCUT2D eigenvalue weighted by Gasteiger charge is 2.35. The molecule has 0 bridgehead atoms. The van der Waals surface area contributed by atoms with Gasteiger partial charge in [0, 0.05) is 30.8 Å². The SMILES string of the molecule is CN(C)CC1(CNc2sc(S(C)(=O)=O)cc2[N+](=O)[O-])CCCC1. The summed E-state index contributed by atoms with van der Waals surface area (Å²) in [5.41, 5.74) is -0.0690. The van der Waals surface area contributed by atoms with E-state index in [9.17, 15) is 18.5 Å². The molecule has 1 aliphatic carbocycles. The molecule has 7 nitrogen and oxygen atoms in total. The Labute approximate surface area is 140 Å². The quantitative estimate of drug-likeness (QED) is 0.593. The summed E-state index contributed by atoms with van der Waals surface area (Å²) in [5.74, 6) is 0. The topological polar surface area (TPSA) is 92.6 Å². The van der Waals surface area contributed by atoms with Gasteiger partial charge in [-0.1, -0.05) is 24.2 Å². The molecule has 1 heterocycles. The van der Waals surface area contributed by atoms with Gasteiger partial charge in [-0.05, 0) is 26.9 Å². The molecule has 0 amide bonds. The van der Waals surface area contributed by atoms with E-state index in [0.717, 1.165) is 55.9 Å². The number of hydrogen-bond donors (Lipinski definition) is 1. The molecule has 23 heavy (non-hydrogen) atoms. The first kappa shape index (κ1) is 18.2. The Kier molecular flexibility index (Phi) is 5.32. The minimum Gasteiger partial charge on any atom is -0.371 e. The highest BCUT2D eigenvalue weighted by atomic mass is 32.2. The smallest absolute Gasteiger partial charge is 0.304 e. The zero-order chi connectivity index (χ0) is 17.3. The third-order valence-electron chi connectivity index (χ3n) is 4.19. The maximum Gasteiger partial charge on any atom is 0.304 e. The number of nitrogens with one attached hydrogen (secondary N) is 1. The molecule has 130 valence electrons. The van der Waals surface area contributed by atoms with Crippen LogP contribution in [-0.2, 0) is 9.84 Å². The fourth-order valence-corrected chi connectivity index (χ4v) is 5.19. The van der Waals surface area contributed by atoms with Crippen molar-refractivity contribution in [1.29, 1.82) is 0 Å². The Morgan fingerprint density at radius 1 is 1.39 bits per heavy atom. The second-order valence-electron chi connectivity index (χ2n) is 6.61. The predicted octanol–water partition coefficient (Wildman–Crippen LogP) is 2.59. The van der Waals surface area contributed by atoms with Gasteiger partial charge >= 0.3 is 5.69 Å². The van der Waals surface area contributed by atoms with Crippen LogP contribution in [0.15, 0.2) is 10.3 Å². The van der Waals surface area contributed by atoms with Crippen molar-refractivity contribution >= 4 is 31.9 Å². The minimum absolute atomic E-state index is 0.0276. The van der Waals surface area contributed by atoms with Crippen LogP contribution in [0.2, 0.25) is 0 Å². The van der Waals surface area contributed by atoms with E-state index in [1.165, 1.54) is 0 Å². The Hall–Kier alpha value is -1.19. The van der Waals surface area contributed by atoms with E-state index in [1.54, 1.807) is 0 Å². The summed E-state index contributed by atoms with van der Waals surface area (Å²) in [5, 5.41) is 14.7. The largest absolute Gasteiger partial charge is 0.371 e. The molecule has 0 radical (unpaired) electrons. The van der Waals surface area contributed by atoms with Gasteiger partial charge in [0.1, 0.15) is 4.21 Å². The van der Waals surface area contributed by atoms with Crippen molar-refractivity contribution in [2.45, 2.75) is 29.9 Å². The standard InChI is InChI=1S/C14H23N3O4S2/c1-16(2)10-14(6-4-5-7-14)9-15-13-11(17(18)19)8-12(22-13)23(3,20)21/h8,15H,4-7,9-10H2,1-3H3. The number of nitrogens with zero attached hydrogens (tertiary/aromatic N) is 2. The summed E-state index contributed by atoms with van der Waals surface area (Å²) < 4.78 is 23.3. The molecule has 1 N–H and O–H groups in total. The van der Waals surface area contributed by atoms with E-state index in [1.807, 2.05) is 14.1 Å². The summed E-state index contributed by atoms with van der Waals surface area (Å²) >= 11 is 0.941. The van der Waals surface area contributed by atoms with Crippen molar-refractivity contribution in [2.75, 3.05) is 38.8 Å². The first-order valence-corrected chi connectivity index (χ1v) is 10.2. The molecular weight excluding hydrogens is 338 g/mol. The zero-order valence-electron chi connectivity index (χ0n) is 13.7. The van der Waals surface area contributed by atoms with Crippen LogP contribution in [0.4, 0.5) is 10.7 Å². The summed E-state index contributed by atoms with van der Waals surface area (Å²) in [6.07, 6.45) is 5.55. The average molecular weight is 361 g/mol. The second-order valence-corrected chi connectivity index (χ2v) is 9.90. The van der Waals surface area contributed by atoms with E-state index in [4.69, 9.17) is 0 Å². The van der Waals surface area contributed by atoms with Crippen molar-refractivity contribution in [1.82, 2.24) is 4.90 Å². The Balaban J connectivity index is 2.22. The summed E-state index contributed by atoms with van der Waals surface area (Å²) in [4.78, 5) is 12.8. The fourth-order valence-electron chi connectivity index (χ4n) is 3.26. The number of rotatable bonds is 7. The molecule has 9 heteroatoms. The summed E-state index contributed by atoms with van der Waals surface area (Å²) in [6, 6.07) is 1.15. The fraction of sp³-hybridized carbons (Fsp3) is 0.714. The molecule has 1 aromatic rings. The Morgan fingerprint density at radius 3 is 2.48 bits per heavy atom. The van der Waals surface area contributed by atoms with E-state index < -0.39 is 14.8 Å². The van der Waals surface area contributed by atoms with Crippen LogP contribution in [-0.4, -0.2) is 51.7 Å². The van der Waals surface area contributed by atoms with Gasteiger partial charge in [0.15, 0.2) is 14.8 Å². The van der Waals surface area contributed by atoms with Crippen LogP contribution in [0.1, 0.15) is 25.7 Å². The van der Waals surface area contributed by atoms with E-state index in [-0.39, 0.29) is 15.3 Å². The lowest BCUT2D eigenvalue weighted by Gasteiger charge is -2.32. The molecular formula is C14H23N3O4S2. The van der Waals surface area contributed by atoms with Crippen molar-refractivity contribution in [3.63, 3.8) is 0 Å². The number of hydrogen-bond acceptors (Lipinski definition) is 7. The molecule has 0 atom stereocenters. The molecule has 0 aliphatic heterocycles. The first-order valence-electron chi connectivity index (χ1n) is 7.50. The van der Waals surface area contributed by atoms with Gasteiger partial charge in [0.25, 0.3) is 0 Å². The van der Waals surface area contributed by atoms with Gasteiger partial charge in [-0.25, -0.2) is 8.42 Å². The molecule has 1 saturated carbocycles. The van der Waals surface area contributed by atoms with Gasteiger partial charge in [-0.15, -0.1) is 0 Å². The molecule has 2 rings (SSSR count). The van der Waals surface area contributed by atoms with Crippen LogP contribution < -0.4 is 5.32 Å². The molecule has 1 aliphatic rings. The van der Waals surface area contributed by atoms with Crippen LogP contribution in [0, 0.1) is 15.5 Å². The van der Waals surface area contributed by atoms with Crippen molar-refractivity contribution in [3.05, 3.63) is 16.2 Å². The Morgan fingerprint density at radius 2 is 2.00 bits per heavy atom. The van der Waals surface area contributed by atoms with E-state index in [0.29, 0.717) is 11.5 Å². The maximum absolute atomic E-state index is 11.6. The third-order valence-corrected chi connectivity index (χ3v) is 7.08. The molecule has 0 unspecified atom stereocenters. The van der Waals surface area contributed by atoms with Crippen molar-refractivity contribution < 1.29 is 13.3 Å². The Bertz CT molecular complexity index is 676. The lowest BCUT2D eigenvalue weighted by atomic mass is 9.85. The van der Waals surface area contributed by atoms with Crippen molar-refractivity contribution in [2.24, 2.45) is 5.41 Å². The van der Waals surface area contributed by atoms with Gasteiger partial charge in [0.2, 0.25) is 0 Å². The maximum atomic E-state index is 11.6. The average Bonchev–Trinajstić information content (AvgIpc) is 3.01. The van der Waals surface area contributed by atoms with Gasteiger partial charge in [-0.3, -0.25) is 10.1 Å². The van der Waals surface area contributed by atoms with E-state index in [2.05, 4.69) is 10.2 Å². The zero-order valence-corrected chi connectivity index (χ0v) is 15.3. The van der Waals surface area contributed by atoms with Crippen LogP contribution in [0.3, 0.4) is 0 Å². The number of nitro groups is 1. The molecule has 1 fully saturated rings. The number of anilines is 1. The summed E-state index contributed by atoms with van der Waals surface area (Å²) in [7, 11) is 0.603. The van der Waals surface area contributed by atoms with Crippen molar-refractivity contribution in [3.8, 4) is 0 Å². The molecule has 1 aromatic heterocycles. The molecule has 0 saturated heterocycles. The highest BCUT2D eigenvalue weighted by Crippen LogP contribution is 2.41. The molecule has 0 spiro atoms. The number of thiophene rings is 1. The summed E-state index contributed by atoms with van der Waals surface area (Å²) in [6.45, 7) is 1.54. The predicted molar refractivity (Wildman–Crippen MR) is 92.0 cm³/mol. The highest BCUT2D eigenvalue weighted by molar-refractivity contribution is 7.92. The lowest BCUT2D eigenvalue weighted by Crippen LogP contribution is -2.37. The second kappa shape index (κ2) is 6.74. The van der Waals surface area contributed by atoms with Gasteiger partial charge in [-0.2, -0.15) is 0 Å². The van der Waals surface area contributed by atoms with Gasteiger partial charge in [0.05, 0.1) is 4.92 Å². The monoisotopic (exact) mass is 361 g/mol. The number of sulfone groups is 1. The van der Waals surface area contributed by atoms with Gasteiger partial charge < -0.3 is 10.2 Å². The third kappa shape index (κ3) is 4.42. The minimum atomic E-state index is -3.44. The van der Waals surface area contributed by atoms with Crippen LogP contribution in [0.25, 0.3) is 0 Å². The first-order chi connectivity index (χ1) is 10.6. The van der Waals surface area contributed by atoms with Crippen LogP contribution >= 0.6 is 11.3 Å². The molecule has 0 aromatic carbocycles. The van der Waals surface area contributed by atoms with Crippen LogP contribution in [0.5, 0.6) is 0 Å². The normalized spacial score (nSPS) is 17.6.